The number of piperazine rings is 1. The summed E-state index contributed by atoms with van der Waals surface area (Å²) >= 11 is 0. The molecule has 1 aromatic carbocycles. The summed E-state index contributed by atoms with van der Waals surface area (Å²) in [7, 11) is 1.24. The molecule has 1 N–H and O–H groups in total. The first-order valence-electron chi connectivity index (χ1n) is 6.92. The fraction of sp³-hybridized carbons (Fsp3) is 0.429. The predicted molar refractivity (Wildman–Crippen MR) is 79.7 cm³/mol. The Balaban J connectivity index is 1.78. The second kappa shape index (κ2) is 5.06. The lowest BCUT2D eigenvalue weighted by Crippen LogP contribution is -2.47. The second-order valence-electron chi connectivity index (χ2n) is 5.04. The maximum Gasteiger partial charge on any atom is 0.204 e. The lowest BCUT2D eigenvalue weighted by atomic mass is 9.86. The number of nitrogens with one attached hydrogen (secondary N) is 1. The van der Waals surface area contributed by atoms with Crippen molar-refractivity contribution in [2.75, 3.05) is 31.1 Å². The van der Waals surface area contributed by atoms with Crippen molar-refractivity contribution in [2.24, 2.45) is 0 Å². The van der Waals surface area contributed by atoms with Crippen LogP contribution in [0.3, 0.4) is 0 Å². The van der Waals surface area contributed by atoms with Crippen LogP contribution in [-0.2, 0) is 0 Å². The normalized spacial score (nSPS) is 17.3. The van der Waals surface area contributed by atoms with Crippen molar-refractivity contribution in [1.29, 1.82) is 0 Å². The molecule has 0 bridgehead atoms. The summed E-state index contributed by atoms with van der Waals surface area (Å²) in [4.78, 5) is 8.37. The largest absolute Gasteiger partial charge is 0.369 e. The monoisotopic (exact) mass is 241 g/mol. The van der Waals surface area contributed by atoms with Crippen LogP contribution < -0.4 is 4.90 Å². The SMILES string of the molecule is CCBN1CCN(c2cccc3[nH]ccc23)CC1. The van der Waals surface area contributed by atoms with E-state index in [1.807, 2.05) is 6.20 Å². The topological polar surface area (TPSA) is 22.3 Å². The maximum absolute atomic E-state index is 3.29. The molecule has 0 saturated carbocycles. The molecule has 1 aliphatic rings. The zero-order valence-electron chi connectivity index (χ0n) is 11.0. The molecule has 0 amide bonds. The number of hydrogen-bond acceptors (Lipinski definition) is 2. The van der Waals surface area contributed by atoms with Gasteiger partial charge in [0.25, 0.3) is 0 Å². The number of fused-ring (bicyclic) bond motifs is 1. The number of anilines is 1. The molecule has 0 aliphatic carbocycles. The molecule has 4 heteroatoms. The molecule has 2 aromatic rings. The number of aromatic amines is 1. The van der Waals surface area contributed by atoms with Gasteiger partial charge in [-0.15, -0.1) is 0 Å². The van der Waals surface area contributed by atoms with E-state index in [4.69, 9.17) is 0 Å². The van der Waals surface area contributed by atoms with Gasteiger partial charge in [-0.05, 0) is 18.2 Å². The van der Waals surface area contributed by atoms with E-state index in [-0.39, 0.29) is 0 Å². The number of aromatic nitrogens is 1. The van der Waals surface area contributed by atoms with Crippen LogP contribution in [0.1, 0.15) is 6.92 Å². The maximum atomic E-state index is 3.29. The Bertz CT molecular complexity index is 514. The van der Waals surface area contributed by atoms with Gasteiger partial charge in [0.05, 0.1) is 0 Å². The van der Waals surface area contributed by atoms with Crippen LogP contribution in [0, 0.1) is 0 Å². The average molecular weight is 241 g/mol. The third-order valence-electron chi connectivity index (χ3n) is 3.82. The van der Waals surface area contributed by atoms with Crippen molar-refractivity contribution in [1.82, 2.24) is 9.79 Å². The van der Waals surface area contributed by atoms with Crippen LogP contribution in [0.25, 0.3) is 10.9 Å². The average Bonchev–Trinajstić information content (AvgIpc) is 2.88. The molecule has 1 fully saturated rings. The van der Waals surface area contributed by atoms with Crippen molar-refractivity contribution in [3.8, 4) is 0 Å². The molecule has 94 valence electrons. The van der Waals surface area contributed by atoms with Crippen LogP contribution in [0.15, 0.2) is 30.5 Å². The lowest BCUT2D eigenvalue weighted by Gasteiger charge is -2.36. The zero-order valence-corrected chi connectivity index (χ0v) is 11.0. The molecule has 0 radical (unpaired) electrons. The van der Waals surface area contributed by atoms with E-state index in [0.29, 0.717) is 0 Å². The van der Waals surface area contributed by atoms with Gasteiger partial charge in [0.15, 0.2) is 0 Å². The Kier molecular flexibility index (Phi) is 3.28. The van der Waals surface area contributed by atoms with Crippen molar-refractivity contribution >= 4 is 24.0 Å². The first-order valence-corrected chi connectivity index (χ1v) is 6.92. The summed E-state index contributed by atoms with van der Waals surface area (Å²) < 4.78 is 0. The summed E-state index contributed by atoms with van der Waals surface area (Å²) in [5, 5.41) is 1.35. The Morgan fingerprint density at radius 3 is 2.78 bits per heavy atom. The predicted octanol–water partition coefficient (Wildman–Crippen LogP) is 2.08. The summed E-state index contributed by atoms with van der Waals surface area (Å²) in [6, 6.07) is 8.72. The highest BCUT2D eigenvalue weighted by atomic mass is 15.2. The van der Waals surface area contributed by atoms with Crippen LogP contribution in [0.4, 0.5) is 5.69 Å². The third kappa shape index (κ3) is 2.13. The van der Waals surface area contributed by atoms with Gasteiger partial charge in [-0.1, -0.05) is 19.3 Å². The van der Waals surface area contributed by atoms with E-state index < -0.39 is 0 Å². The van der Waals surface area contributed by atoms with Gasteiger partial charge in [-0.2, -0.15) is 0 Å². The fourth-order valence-corrected chi connectivity index (χ4v) is 2.87. The van der Waals surface area contributed by atoms with Crippen LogP contribution in [0.5, 0.6) is 0 Å². The Hall–Kier alpha value is -1.42. The Labute approximate surface area is 109 Å². The first kappa shape index (κ1) is 11.7. The molecule has 2 heterocycles. The van der Waals surface area contributed by atoms with Crippen LogP contribution in [-0.4, -0.2) is 43.4 Å². The number of hydrogen-bond donors (Lipinski definition) is 1. The highest BCUT2D eigenvalue weighted by molar-refractivity contribution is 6.31. The van der Waals surface area contributed by atoms with Crippen molar-refractivity contribution in [2.45, 2.75) is 13.2 Å². The van der Waals surface area contributed by atoms with Gasteiger partial charge in [0, 0.05) is 49.0 Å². The smallest absolute Gasteiger partial charge is 0.204 e. The lowest BCUT2D eigenvalue weighted by molar-refractivity contribution is 0.406. The molecule has 1 aliphatic heterocycles. The van der Waals surface area contributed by atoms with Gasteiger partial charge >= 0.3 is 0 Å². The molecular weight excluding hydrogens is 221 g/mol. The molecule has 1 aromatic heterocycles. The third-order valence-corrected chi connectivity index (χ3v) is 3.82. The molecule has 1 saturated heterocycles. The molecule has 0 unspecified atom stereocenters. The van der Waals surface area contributed by atoms with E-state index in [0.717, 1.165) is 13.1 Å². The van der Waals surface area contributed by atoms with Crippen LogP contribution in [0.2, 0.25) is 6.32 Å². The van der Waals surface area contributed by atoms with E-state index in [2.05, 4.69) is 45.9 Å². The Morgan fingerprint density at radius 1 is 1.17 bits per heavy atom. The van der Waals surface area contributed by atoms with Gasteiger partial charge in [-0.25, -0.2) is 0 Å². The number of H-pyrrole nitrogens is 1. The standard InChI is InChI=1S/C14H20BN3/c1-2-15-18-10-8-17(9-11-18)14-5-3-4-13-12(14)6-7-16-13/h3-7,15-16H,2,8-11H2,1H3. The fourth-order valence-electron chi connectivity index (χ4n) is 2.87. The molecule has 18 heavy (non-hydrogen) atoms. The quantitative estimate of drug-likeness (QED) is 0.831. The first-order chi connectivity index (χ1) is 8.88. The van der Waals surface area contributed by atoms with E-state index in [1.54, 1.807) is 0 Å². The van der Waals surface area contributed by atoms with Gasteiger partial charge in [0.2, 0.25) is 7.41 Å². The molecule has 3 rings (SSSR count). The minimum Gasteiger partial charge on any atom is -0.369 e. The Morgan fingerprint density at radius 2 is 2.00 bits per heavy atom. The number of nitrogens with zero attached hydrogens (tertiary/aromatic N) is 2. The van der Waals surface area contributed by atoms with Gasteiger partial charge in [0.1, 0.15) is 0 Å². The van der Waals surface area contributed by atoms with Crippen molar-refractivity contribution in [3.05, 3.63) is 30.5 Å². The zero-order chi connectivity index (χ0) is 12.4. The highest BCUT2D eigenvalue weighted by Crippen LogP contribution is 2.26. The van der Waals surface area contributed by atoms with Crippen molar-refractivity contribution < 1.29 is 0 Å². The highest BCUT2D eigenvalue weighted by Gasteiger charge is 2.18. The molecule has 3 nitrogen and oxygen atoms in total. The number of rotatable bonds is 3. The summed E-state index contributed by atoms with van der Waals surface area (Å²) in [6.45, 7) is 6.92. The van der Waals surface area contributed by atoms with Gasteiger partial charge < -0.3 is 14.7 Å². The molecular formula is C14H20BN3. The summed E-state index contributed by atoms with van der Waals surface area (Å²) in [6.07, 6.45) is 3.29. The van der Waals surface area contributed by atoms with E-state index >= 15 is 0 Å². The molecule has 0 spiro atoms. The van der Waals surface area contributed by atoms with E-state index in [9.17, 15) is 0 Å². The number of benzene rings is 1. The van der Waals surface area contributed by atoms with Crippen LogP contribution >= 0.6 is 0 Å². The second-order valence-corrected chi connectivity index (χ2v) is 5.04. The molecule has 0 atom stereocenters. The summed E-state index contributed by atoms with van der Waals surface area (Å²) in [5.41, 5.74) is 2.62. The summed E-state index contributed by atoms with van der Waals surface area (Å²) in [5.74, 6) is 0. The van der Waals surface area contributed by atoms with Gasteiger partial charge in [-0.3, -0.25) is 0 Å². The van der Waals surface area contributed by atoms with Crippen molar-refractivity contribution in [3.63, 3.8) is 0 Å². The minimum absolute atomic E-state index is 1.14. The minimum atomic E-state index is 1.14. The van der Waals surface area contributed by atoms with E-state index in [1.165, 1.54) is 43.4 Å².